The van der Waals surface area contributed by atoms with Gasteiger partial charge in [0.15, 0.2) is 0 Å². The van der Waals surface area contributed by atoms with Crippen molar-refractivity contribution < 1.29 is 0 Å². The molecule has 2 aromatic rings. The third-order valence-corrected chi connectivity index (χ3v) is 3.54. The van der Waals surface area contributed by atoms with E-state index in [1.807, 2.05) is 27.8 Å². The summed E-state index contributed by atoms with van der Waals surface area (Å²) < 4.78 is 4.03. The lowest BCUT2D eigenvalue weighted by molar-refractivity contribution is 0.479. The molecule has 0 saturated heterocycles. The van der Waals surface area contributed by atoms with Crippen LogP contribution in [0.5, 0.6) is 0 Å². The van der Waals surface area contributed by atoms with Crippen LogP contribution in [0.2, 0.25) is 0 Å². The summed E-state index contributed by atoms with van der Waals surface area (Å²) in [6, 6.07) is 2.46. The van der Waals surface area contributed by atoms with Crippen LogP contribution < -0.4 is 5.32 Å². The van der Waals surface area contributed by atoms with Crippen molar-refractivity contribution >= 4 is 5.82 Å². The fourth-order valence-electron chi connectivity index (χ4n) is 2.05. The zero-order valence-corrected chi connectivity index (χ0v) is 12.2. The number of nitrogens with one attached hydrogen (secondary N) is 1. The van der Waals surface area contributed by atoms with E-state index >= 15 is 0 Å². The van der Waals surface area contributed by atoms with Gasteiger partial charge in [-0.25, -0.2) is 0 Å². The van der Waals surface area contributed by atoms with E-state index in [1.54, 1.807) is 0 Å². The summed E-state index contributed by atoms with van der Waals surface area (Å²) >= 11 is 0. The normalized spacial score (nSPS) is 12.6. The molecule has 2 aromatic heterocycles. The minimum atomic E-state index is 0.443. The third-order valence-electron chi connectivity index (χ3n) is 3.54. The minimum Gasteiger partial charge on any atom is -0.363 e. The molecule has 0 radical (unpaired) electrons. The first-order chi connectivity index (χ1) is 9.15. The average Bonchev–Trinajstić information content (AvgIpc) is 3.02. The Balaban J connectivity index is 2.02. The molecule has 0 fully saturated rings. The Labute approximate surface area is 114 Å². The van der Waals surface area contributed by atoms with Gasteiger partial charge in [-0.2, -0.15) is 10.2 Å². The van der Waals surface area contributed by atoms with Crippen LogP contribution in [-0.4, -0.2) is 19.6 Å². The molecule has 5 heteroatoms. The van der Waals surface area contributed by atoms with Gasteiger partial charge in [-0.3, -0.25) is 9.36 Å². The Bertz CT molecular complexity index is 526. The summed E-state index contributed by atoms with van der Waals surface area (Å²) in [7, 11) is 0. The van der Waals surface area contributed by atoms with Gasteiger partial charge in [-0.05, 0) is 32.8 Å². The van der Waals surface area contributed by atoms with E-state index < -0.39 is 0 Å². The zero-order chi connectivity index (χ0) is 13.8. The van der Waals surface area contributed by atoms with Gasteiger partial charge in [0.05, 0.1) is 18.4 Å². The first-order valence-corrected chi connectivity index (χ1v) is 6.96. The van der Waals surface area contributed by atoms with E-state index in [-0.39, 0.29) is 0 Å². The highest BCUT2D eigenvalue weighted by Gasteiger charge is 2.08. The summed E-state index contributed by atoms with van der Waals surface area (Å²) in [4.78, 5) is 0. The summed E-state index contributed by atoms with van der Waals surface area (Å²) in [6.45, 7) is 10.2. The molecule has 0 bridgehead atoms. The summed E-state index contributed by atoms with van der Waals surface area (Å²) in [5.74, 6) is 0.920. The fraction of sp³-hybridized carbons (Fsp3) is 0.571. The van der Waals surface area contributed by atoms with Gasteiger partial charge >= 0.3 is 0 Å². The van der Waals surface area contributed by atoms with Gasteiger partial charge in [0, 0.05) is 24.8 Å². The molecule has 0 saturated carbocycles. The number of anilines is 1. The highest BCUT2D eigenvalue weighted by Crippen LogP contribution is 2.14. The molecule has 0 aliphatic heterocycles. The molecular weight excluding hydrogens is 238 g/mol. The van der Waals surface area contributed by atoms with Crippen LogP contribution in [-0.2, 0) is 13.1 Å². The Kier molecular flexibility index (Phi) is 4.24. The van der Waals surface area contributed by atoms with Gasteiger partial charge < -0.3 is 5.32 Å². The standard InChI is InChI=1S/C14H23N5/c1-5-12(4)19-8-7-14(17-19)15-10-13-11(3)9-16-18(13)6-2/h7-9,12H,5-6,10H2,1-4H3,(H,15,17)/t12-/m0/s1. The predicted molar refractivity (Wildman–Crippen MR) is 77.2 cm³/mol. The maximum atomic E-state index is 4.54. The molecular formula is C14H23N5. The molecule has 104 valence electrons. The summed E-state index contributed by atoms with van der Waals surface area (Å²) in [5, 5.41) is 12.3. The van der Waals surface area contributed by atoms with E-state index in [1.165, 1.54) is 11.3 Å². The molecule has 0 aromatic carbocycles. The van der Waals surface area contributed by atoms with Crippen molar-refractivity contribution in [2.24, 2.45) is 0 Å². The molecule has 1 N–H and O–H groups in total. The van der Waals surface area contributed by atoms with Crippen LogP contribution in [0.1, 0.15) is 44.5 Å². The molecule has 0 spiro atoms. The SMILES string of the molecule is CC[C@H](C)n1ccc(NCc2c(C)cnn2CC)n1. The molecule has 2 heterocycles. The zero-order valence-electron chi connectivity index (χ0n) is 12.2. The van der Waals surface area contributed by atoms with E-state index in [4.69, 9.17) is 0 Å². The monoisotopic (exact) mass is 261 g/mol. The lowest BCUT2D eigenvalue weighted by Gasteiger charge is -2.09. The van der Waals surface area contributed by atoms with Crippen LogP contribution in [0.15, 0.2) is 18.5 Å². The number of hydrogen-bond acceptors (Lipinski definition) is 3. The molecule has 2 rings (SSSR count). The van der Waals surface area contributed by atoms with E-state index in [0.29, 0.717) is 6.04 Å². The van der Waals surface area contributed by atoms with Gasteiger partial charge in [0.2, 0.25) is 0 Å². The van der Waals surface area contributed by atoms with Gasteiger partial charge in [0.25, 0.3) is 0 Å². The third kappa shape index (κ3) is 2.97. The average molecular weight is 261 g/mol. The minimum absolute atomic E-state index is 0.443. The van der Waals surface area contributed by atoms with Crippen LogP contribution in [0.25, 0.3) is 0 Å². The number of rotatable bonds is 6. The van der Waals surface area contributed by atoms with Crippen molar-refractivity contribution in [1.29, 1.82) is 0 Å². The van der Waals surface area contributed by atoms with Gasteiger partial charge in [0.1, 0.15) is 5.82 Å². The number of aryl methyl sites for hydroxylation is 2. The highest BCUT2D eigenvalue weighted by atomic mass is 15.3. The smallest absolute Gasteiger partial charge is 0.148 e. The number of nitrogens with zero attached hydrogens (tertiary/aromatic N) is 4. The quantitative estimate of drug-likeness (QED) is 0.869. The van der Waals surface area contributed by atoms with Crippen LogP contribution in [0, 0.1) is 6.92 Å². The van der Waals surface area contributed by atoms with Crippen molar-refractivity contribution in [3.05, 3.63) is 29.7 Å². The lowest BCUT2D eigenvalue weighted by atomic mass is 10.3. The molecule has 0 aliphatic carbocycles. The van der Waals surface area contributed by atoms with Crippen molar-refractivity contribution in [2.45, 2.75) is 53.2 Å². The maximum Gasteiger partial charge on any atom is 0.148 e. The van der Waals surface area contributed by atoms with E-state index in [0.717, 1.165) is 25.3 Å². The van der Waals surface area contributed by atoms with Gasteiger partial charge in [-0.15, -0.1) is 0 Å². The van der Waals surface area contributed by atoms with Gasteiger partial charge in [-0.1, -0.05) is 6.92 Å². The molecule has 5 nitrogen and oxygen atoms in total. The van der Waals surface area contributed by atoms with E-state index in [2.05, 4.69) is 43.2 Å². The Morgan fingerprint density at radius 1 is 1.37 bits per heavy atom. The lowest BCUT2D eigenvalue weighted by Crippen LogP contribution is -2.10. The van der Waals surface area contributed by atoms with Crippen LogP contribution in [0.3, 0.4) is 0 Å². The second-order valence-electron chi connectivity index (χ2n) is 4.88. The second kappa shape index (κ2) is 5.91. The van der Waals surface area contributed by atoms with Crippen molar-refractivity contribution in [3.63, 3.8) is 0 Å². The second-order valence-corrected chi connectivity index (χ2v) is 4.88. The molecule has 19 heavy (non-hydrogen) atoms. The van der Waals surface area contributed by atoms with Crippen LogP contribution in [0.4, 0.5) is 5.82 Å². The van der Waals surface area contributed by atoms with E-state index in [9.17, 15) is 0 Å². The molecule has 0 aliphatic rings. The predicted octanol–water partition coefficient (Wildman–Crippen LogP) is 2.99. The van der Waals surface area contributed by atoms with Crippen molar-refractivity contribution in [3.8, 4) is 0 Å². The Morgan fingerprint density at radius 2 is 2.16 bits per heavy atom. The largest absolute Gasteiger partial charge is 0.363 e. The first kappa shape index (κ1) is 13.6. The van der Waals surface area contributed by atoms with Crippen molar-refractivity contribution in [2.75, 3.05) is 5.32 Å². The molecule has 0 amide bonds. The highest BCUT2D eigenvalue weighted by molar-refractivity contribution is 5.34. The number of aromatic nitrogens is 4. The Morgan fingerprint density at radius 3 is 2.84 bits per heavy atom. The summed E-state index contributed by atoms with van der Waals surface area (Å²) in [6.07, 6.45) is 5.03. The molecule has 0 unspecified atom stereocenters. The summed E-state index contributed by atoms with van der Waals surface area (Å²) in [5.41, 5.74) is 2.44. The molecule has 1 atom stereocenters. The fourth-order valence-corrected chi connectivity index (χ4v) is 2.05. The Hall–Kier alpha value is -1.78. The van der Waals surface area contributed by atoms with Crippen LogP contribution >= 0.6 is 0 Å². The van der Waals surface area contributed by atoms with Crippen molar-refractivity contribution in [1.82, 2.24) is 19.6 Å². The topological polar surface area (TPSA) is 47.7 Å². The first-order valence-electron chi connectivity index (χ1n) is 6.96. The maximum absolute atomic E-state index is 4.54. The number of hydrogen-bond donors (Lipinski definition) is 1.